The van der Waals surface area contributed by atoms with E-state index < -0.39 is 10.0 Å². The van der Waals surface area contributed by atoms with E-state index in [1.165, 1.54) is 12.1 Å². The predicted octanol–water partition coefficient (Wildman–Crippen LogP) is 1.60. The summed E-state index contributed by atoms with van der Waals surface area (Å²) in [7, 11) is -3.92. The maximum atomic E-state index is 12.9. The van der Waals surface area contributed by atoms with E-state index in [9.17, 15) is 13.2 Å². The first-order valence-electron chi connectivity index (χ1n) is 9.73. The third-order valence-corrected chi connectivity index (χ3v) is 5.78. The standard InChI is InChI=1S/C21H27N3O5S/c1-15-3-6-20(16(2)13-15)29-10-7-23-21(25)18-14-17(30(22,26)27)4-5-19(18)24-8-11-28-12-9-24/h3-6,13-14H,7-12H2,1-2H3,(H,23,25)(H2,22,26,27). The van der Waals surface area contributed by atoms with E-state index in [0.29, 0.717) is 32.0 Å². The van der Waals surface area contributed by atoms with Gasteiger partial charge < -0.3 is 19.7 Å². The molecule has 3 rings (SSSR count). The number of aryl methyl sites for hydroxylation is 2. The average molecular weight is 434 g/mol. The predicted molar refractivity (Wildman–Crippen MR) is 115 cm³/mol. The van der Waals surface area contributed by atoms with Crippen LogP contribution in [-0.2, 0) is 14.8 Å². The molecule has 1 fully saturated rings. The molecule has 9 heteroatoms. The number of amides is 1. The molecule has 1 saturated heterocycles. The minimum atomic E-state index is -3.92. The zero-order valence-electron chi connectivity index (χ0n) is 17.2. The molecule has 0 bridgehead atoms. The van der Waals surface area contributed by atoms with Crippen molar-refractivity contribution in [2.24, 2.45) is 5.14 Å². The van der Waals surface area contributed by atoms with E-state index in [2.05, 4.69) is 5.32 Å². The van der Waals surface area contributed by atoms with Crippen molar-refractivity contribution in [3.8, 4) is 5.75 Å². The lowest BCUT2D eigenvalue weighted by Crippen LogP contribution is -2.38. The number of ether oxygens (including phenoxy) is 2. The maximum absolute atomic E-state index is 12.9. The molecule has 1 aliphatic heterocycles. The summed E-state index contributed by atoms with van der Waals surface area (Å²) in [6.45, 7) is 6.86. The van der Waals surface area contributed by atoms with E-state index >= 15 is 0 Å². The summed E-state index contributed by atoms with van der Waals surface area (Å²) >= 11 is 0. The molecule has 1 heterocycles. The van der Waals surface area contributed by atoms with Crippen LogP contribution in [0.4, 0.5) is 5.69 Å². The lowest BCUT2D eigenvalue weighted by atomic mass is 10.1. The second kappa shape index (κ2) is 9.46. The first-order chi connectivity index (χ1) is 14.3. The molecular formula is C21H27N3O5S. The summed E-state index contributed by atoms with van der Waals surface area (Å²) in [4.78, 5) is 14.7. The number of anilines is 1. The van der Waals surface area contributed by atoms with Crippen molar-refractivity contribution in [3.05, 3.63) is 53.1 Å². The van der Waals surface area contributed by atoms with Crippen LogP contribution in [0, 0.1) is 13.8 Å². The van der Waals surface area contributed by atoms with Crippen LogP contribution in [0.25, 0.3) is 0 Å². The number of hydrogen-bond donors (Lipinski definition) is 2. The molecule has 0 spiro atoms. The number of carbonyl (C=O) groups is 1. The Hall–Kier alpha value is -2.62. The Morgan fingerprint density at radius 3 is 2.57 bits per heavy atom. The molecule has 0 radical (unpaired) electrons. The van der Waals surface area contributed by atoms with E-state index in [1.807, 2.05) is 36.9 Å². The highest BCUT2D eigenvalue weighted by Gasteiger charge is 2.21. The number of hydrogen-bond acceptors (Lipinski definition) is 6. The first kappa shape index (κ1) is 22.1. The Morgan fingerprint density at radius 2 is 1.90 bits per heavy atom. The fourth-order valence-electron chi connectivity index (χ4n) is 3.34. The molecule has 3 N–H and O–H groups in total. The van der Waals surface area contributed by atoms with Gasteiger partial charge in [-0.1, -0.05) is 17.7 Å². The molecule has 0 atom stereocenters. The number of carbonyl (C=O) groups excluding carboxylic acids is 1. The van der Waals surface area contributed by atoms with E-state index in [1.54, 1.807) is 6.07 Å². The quantitative estimate of drug-likeness (QED) is 0.642. The number of primary sulfonamides is 1. The largest absolute Gasteiger partial charge is 0.491 e. The minimum absolute atomic E-state index is 0.101. The number of nitrogens with one attached hydrogen (secondary N) is 1. The minimum Gasteiger partial charge on any atom is -0.491 e. The molecule has 0 unspecified atom stereocenters. The van der Waals surface area contributed by atoms with Gasteiger partial charge in [-0.25, -0.2) is 13.6 Å². The second-order valence-corrected chi connectivity index (χ2v) is 8.76. The van der Waals surface area contributed by atoms with Crippen molar-refractivity contribution in [2.45, 2.75) is 18.7 Å². The van der Waals surface area contributed by atoms with Crippen molar-refractivity contribution in [1.29, 1.82) is 0 Å². The van der Waals surface area contributed by atoms with Crippen molar-refractivity contribution < 1.29 is 22.7 Å². The molecule has 1 amide bonds. The summed E-state index contributed by atoms with van der Waals surface area (Å²) in [6.07, 6.45) is 0. The van der Waals surface area contributed by atoms with E-state index in [-0.39, 0.29) is 29.5 Å². The zero-order chi connectivity index (χ0) is 21.7. The van der Waals surface area contributed by atoms with Crippen molar-refractivity contribution in [3.63, 3.8) is 0 Å². The number of sulfonamides is 1. The molecule has 30 heavy (non-hydrogen) atoms. The molecule has 0 aliphatic carbocycles. The normalized spacial score (nSPS) is 14.4. The van der Waals surface area contributed by atoms with Gasteiger partial charge in [-0.2, -0.15) is 0 Å². The van der Waals surface area contributed by atoms with Gasteiger partial charge in [-0.15, -0.1) is 0 Å². The smallest absolute Gasteiger partial charge is 0.253 e. The van der Waals surface area contributed by atoms with Gasteiger partial charge in [0.1, 0.15) is 12.4 Å². The third kappa shape index (κ3) is 5.50. The van der Waals surface area contributed by atoms with Crippen LogP contribution in [0.1, 0.15) is 21.5 Å². The van der Waals surface area contributed by atoms with Gasteiger partial charge in [0, 0.05) is 18.8 Å². The summed E-state index contributed by atoms with van der Waals surface area (Å²) in [6, 6.07) is 10.3. The van der Waals surface area contributed by atoms with Crippen LogP contribution in [0.15, 0.2) is 41.3 Å². The Kier molecular flexibility index (Phi) is 6.96. The molecule has 1 aliphatic rings. The third-order valence-electron chi connectivity index (χ3n) is 4.87. The maximum Gasteiger partial charge on any atom is 0.253 e. The van der Waals surface area contributed by atoms with Crippen LogP contribution in [0.2, 0.25) is 0 Å². The molecule has 0 saturated carbocycles. The van der Waals surface area contributed by atoms with Crippen LogP contribution < -0.4 is 20.1 Å². The molecule has 0 aromatic heterocycles. The monoisotopic (exact) mass is 433 g/mol. The molecule has 162 valence electrons. The molecule has 2 aromatic rings. The molecule has 8 nitrogen and oxygen atoms in total. The van der Waals surface area contributed by atoms with E-state index in [4.69, 9.17) is 14.6 Å². The number of morpholine rings is 1. The van der Waals surface area contributed by atoms with E-state index in [0.717, 1.165) is 16.9 Å². The second-order valence-electron chi connectivity index (χ2n) is 7.20. The van der Waals surface area contributed by atoms with Gasteiger partial charge in [0.05, 0.1) is 30.2 Å². The number of benzene rings is 2. The fourth-order valence-corrected chi connectivity index (χ4v) is 3.88. The number of nitrogens with two attached hydrogens (primary N) is 1. The summed E-state index contributed by atoms with van der Waals surface area (Å²) in [5, 5.41) is 8.05. The van der Waals surface area contributed by atoms with Crippen LogP contribution in [-0.4, -0.2) is 53.8 Å². The highest BCUT2D eigenvalue weighted by Crippen LogP contribution is 2.25. The van der Waals surface area contributed by atoms with Gasteiger partial charge >= 0.3 is 0 Å². The Balaban J connectivity index is 1.71. The van der Waals surface area contributed by atoms with Crippen LogP contribution >= 0.6 is 0 Å². The first-order valence-corrected chi connectivity index (χ1v) is 11.3. The zero-order valence-corrected chi connectivity index (χ0v) is 18.0. The van der Waals surface area contributed by atoms with Gasteiger partial charge in [0.25, 0.3) is 5.91 Å². The fraction of sp³-hybridized carbons (Fsp3) is 0.381. The molecule has 2 aromatic carbocycles. The Bertz CT molecular complexity index is 1020. The van der Waals surface area contributed by atoms with Gasteiger partial charge in [-0.3, -0.25) is 4.79 Å². The van der Waals surface area contributed by atoms with Crippen molar-refractivity contribution in [2.75, 3.05) is 44.4 Å². The van der Waals surface area contributed by atoms with Gasteiger partial charge in [0.15, 0.2) is 0 Å². The topological polar surface area (TPSA) is 111 Å². The molecular weight excluding hydrogens is 406 g/mol. The van der Waals surface area contributed by atoms with Crippen LogP contribution in [0.5, 0.6) is 5.75 Å². The summed E-state index contributed by atoms with van der Waals surface area (Å²) in [5.41, 5.74) is 3.09. The highest BCUT2D eigenvalue weighted by molar-refractivity contribution is 7.89. The van der Waals surface area contributed by atoms with Gasteiger partial charge in [-0.05, 0) is 43.7 Å². The summed E-state index contributed by atoms with van der Waals surface area (Å²) < 4.78 is 34.6. The average Bonchev–Trinajstić information content (AvgIpc) is 2.72. The lowest BCUT2D eigenvalue weighted by Gasteiger charge is -2.30. The van der Waals surface area contributed by atoms with Gasteiger partial charge in [0.2, 0.25) is 10.0 Å². The van der Waals surface area contributed by atoms with Crippen molar-refractivity contribution >= 4 is 21.6 Å². The Morgan fingerprint density at radius 1 is 1.17 bits per heavy atom. The number of rotatable bonds is 7. The van der Waals surface area contributed by atoms with Crippen molar-refractivity contribution in [1.82, 2.24) is 5.32 Å². The Labute approximate surface area is 177 Å². The number of nitrogens with zero attached hydrogens (tertiary/aromatic N) is 1. The lowest BCUT2D eigenvalue weighted by molar-refractivity contribution is 0.0945. The SMILES string of the molecule is Cc1ccc(OCCNC(=O)c2cc(S(N)(=O)=O)ccc2N2CCOCC2)c(C)c1. The summed E-state index contributed by atoms with van der Waals surface area (Å²) in [5.74, 6) is 0.381. The van der Waals surface area contributed by atoms with Crippen LogP contribution in [0.3, 0.4) is 0 Å². The highest BCUT2D eigenvalue weighted by atomic mass is 32.2.